The predicted molar refractivity (Wildman–Crippen MR) is 33.1 cm³/mol. The minimum absolute atomic E-state index is 1.59. The van der Waals surface area contributed by atoms with Crippen LogP contribution in [0, 0.1) is 0 Å². The molecule has 0 saturated heterocycles. The van der Waals surface area contributed by atoms with Gasteiger partial charge in [0.25, 0.3) is 10.1 Å². The van der Waals surface area contributed by atoms with Gasteiger partial charge in [-0.2, -0.15) is 8.42 Å². The minimum Gasteiger partial charge on any atom is -0.550 e. The van der Waals surface area contributed by atoms with E-state index in [0.29, 0.717) is 0 Å². The van der Waals surface area contributed by atoms with Gasteiger partial charge in [-0.15, -0.1) is 0 Å². The maximum Gasteiger partial charge on any atom is 0.289 e. The Morgan fingerprint density at radius 3 is 1.85 bits per heavy atom. The van der Waals surface area contributed by atoms with Crippen molar-refractivity contribution in [2.24, 2.45) is 5.73 Å². The second kappa shape index (κ2) is 3.28. The van der Waals surface area contributed by atoms with Crippen LogP contribution in [0.25, 0.3) is 0 Å². The maximum atomic E-state index is 10.3. The summed E-state index contributed by atoms with van der Waals surface area (Å²) in [6.07, 6.45) is -1.59. The third kappa shape index (κ3) is 2.37. The van der Waals surface area contributed by atoms with Crippen LogP contribution in [-0.2, 0) is 19.7 Å². The van der Waals surface area contributed by atoms with E-state index in [-0.39, 0.29) is 0 Å². The number of carbonyl (C=O) groups excluding carboxylic acids is 2. The molecule has 0 aromatic rings. The first-order valence-corrected chi connectivity index (χ1v) is 4.22. The molecule has 1 unspecified atom stereocenters. The smallest absolute Gasteiger partial charge is 0.289 e. The molecule has 76 valence electrons. The summed E-state index contributed by atoms with van der Waals surface area (Å²) in [6.45, 7) is 0. The van der Waals surface area contributed by atoms with Crippen molar-refractivity contribution < 1.29 is 32.8 Å². The lowest BCUT2D eigenvalue weighted by Gasteiger charge is -2.26. The SMILES string of the molecule is NC(CC(=O)[O-])(C(=O)[O-])S(=O)(=O)O. The molecule has 1 atom stereocenters. The van der Waals surface area contributed by atoms with Crippen molar-refractivity contribution in [3.63, 3.8) is 0 Å². The Bertz CT molecular complexity index is 332. The van der Waals surface area contributed by atoms with Crippen LogP contribution in [0.15, 0.2) is 0 Å². The van der Waals surface area contributed by atoms with E-state index in [2.05, 4.69) is 5.73 Å². The van der Waals surface area contributed by atoms with Gasteiger partial charge in [0, 0.05) is 12.4 Å². The van der Waals surface area contributed by atoms with E-state index in [4.69, 9.17) is 4.55 Å². The van der Waals surface area contributed by atoms with Gasteiger partial charge in [0.1, 0.15) is 0 Å². The molecule has 0 saturated carbocycles. The zero-order valence-corrected chi connectivity index (χ0v) is 6.91. The molecule has 0 radical (unpaired) electrons. The lowest BCUT2D eigenvalue weighted by molar-refractivity contribution is -0.318. The summed E-state index contributed by atoms with van der Waals surface area (Å²) in [7, 11) is -5.26. The molecule has 0 heterocycles. The highest BCUT2D eigenvalue weighted by Gasteiger charge is 2.40. The van der Waals surface area contributed by atoms with Crippen molar-refractivity contribution in [3.05, 3.63) is 0 Å². The maximum absolute atomic E-state index is 10.3. The molecule has 0 rings (SSSR count). The van der Waals surface area contributed by atoms with Gasteiger partial charge in [0.05, 0.1) is 5.97 Å². The average Bonchev–Trinajstić information content (AvgIpc) is 1.82. The van der Waals surface area contributed by atoms with Crippen molar-refractivity contribution in [3.8, 4) is 0 Å². The van der Waals surface area contributed by atoms with Gasteiger partial charge >= 0.3 is 0 Å². The first-order chi connectivity index (χ1) is 5.61. The summed E-state index contributed by atoms with van der Waals surface area (Å²) in [5.74, 6) is -4.46. The van der Waals surface area contributed by atoms with Crippen LogP contribution in [0.1, 0.15) is 6.42 Å². The molecular weight excluding hydrogens is 206 g/mol. The summed E-state index contributed by atoms with van der Waals surface area (Å²) in [4.78, 5) is 16.7. The lowest BCUT2D eigenvalue weighted by Crippen LogP contribution is -2.62. The van der Waals surface area contributed by atoms with Crippen LogP contribution in [0.3, 0.4) is 0 Å². The van der Waals surface area contributed by atoms with Crippen LogP contribution >= 0.6 is 0 Å². The third-order valence-electron chi connectivity index (χ3n) is 1.21. The van der Waals surface area contributed by atoms with Crippen molar-refractivity contribution in [1.82, 2.24) is 0 Å². The van der Waals surface area contributed by atoms with Gasteiger partial charge in [-0.1, -0.05) is 0 Å². The number of aliphatic carboxylic acids is 2. The van der Waals surface area contributed by atoms with E-state index in [1.807, 2.05) is 0 Å². The van der Waals surface area contributed by atoms with E-state index in [0.717, 1.165) is 0 Å². The summed E-state index contributed by atoms with van der Waals surface area (Å²) >= 11 is 0. The highest BCUT2D eigenvalue weighted by atomic mass is 32.2. The van der Waals surface area contributed by atoms with Gasteiger partial charge in [0.2, 0.25) is 0 Å². The van der Waals surface area contributed by atoms with Crippen molar-refractivity contribution in [2.45, 2.75) is 11.3 Å². The Morgan fingerprint density at radius 2 is 1.77 bits per heavy atom. The Balaban J connectivity index is 5.21. The van der Waals surface area contributed by atoms with Crippen LogP contribution in [0.2, 0.25) is 0 Å². The fraction of sp³-hybridized carbons (Fsp3) is 0.500. The summed E-state index contributed by atoms with van der Waals surface area (Å²) in [5.41, 5.74) is 4.60. The number of nitrogens with two attached hydrogens (primary N) is 1. The molecule has 0 bridgehead atoms. The molecule has 0 aliphatic carbocycles. The molecule has 0 aliphatic rings. The number of hydrogen-bond donors (Lipinski definition) is 2. The second-order valence-corrected chi connectivity index (χ2v) is 3.88. The summed E-state index contributed by atoms with van der Waals surface area (Å²) in [5, 5.41) is 20.0. The number of carboxylic acids is 2. The molecule has 9 heteroatoms. The first-order valence-electron chi connectivity index (χ1n) is 2.78. The first kappa shape index (κ1) is 11.8. The van der Waals surface area contributed by atoms with Crippen molar-refractivity contribution in [1.29, 1.82) is 0 Å². The van der Waals surface area contributed by atoms with E-state index in [1.165, 1.54) is 0 Å². The van der Waals surface area contributed by atoms with E-state index >= 15 is 0 Å². The number of rotatable bonds is 4. The molecule has 13 heavy (non-hydrogen) atoms. The van der Waals surface area contributed by atoms with Gasteiger partial charge in [-0.3, -0.25) is 4.55 Å². The van der Waals surface area contributed by atoms with Crippen LogP contribution < -0.4 is 15.9 Å². The summed E-state index contributed by atoms with van der Waals surface area (Å²) in [6, 6.07) is 0. The van der Waals surface area contributed by atoms with Gasteiger partial charge in [0.15, 0.2) is 4.87 Å². The highest BCUT2D eigenvalue weighted by Crippen LogP contribution is 2.12. The molecule has 0 aromatic carbocycles. The van der Waals surface area contributed by atoms with Gasteiger partial charge in [-0.25, -0.2) is 0 Å². The van der Waals surface area contributed by atoms with Gasteiger partial charge < -0.3 is 25.5 Å². The molecule has 0 aliphatic heterocycles. The Kier molecular flexibility index (Phi) is 2.98. The number of hydrogen-bond acceptors (Lipinski definition) is 7. The largest absolute Gasteiger partial charge is 0.550 e. The standard InChI is InChI=1S/C4H7NO7S/c5-4(3(8)9,1-2(6)7)13(10,11)12/h1,5H2,(H,6,7)(H,8,9)(H,10,11,12)/p-2. The van der Waals surface area contributed by atoms with Crippen molar-refractivity contribution >= 4 is 22.1 Å². The third-order valence-corrected chi connectivity index (χ3v) is 2.44. The van der Waals surface area contributed by atoms with E-state index in [9.17, 15) is 28.2 Å². The molecule has 0 aromatic heterocycles. The monoisotopic (exact) mass is 211 g/mol. The molecular formula is C4H5NO7S-2. The molecule has 3 N–H and O–H groups in total. The fourth-order valence-corrected chi connectivity index (χ4v) is 0.994. The van der Waals surface area contributed by atoms with E-state index < -0.39 is 33.3 Å². The van der Waals surface area contributed by atoms with Crippen molar-refractivity contribution in [2.75, 3.05) is 0 Å². The zero-order valence-electron chi connectivity index (χ0n) is 6.09. The zero-order chi connectivity index (χ0) is 10.9. The molecule has 0 fully saturated rings. The van der Waals surface area contributed by atoms with Crippen LogP contribution in [0.4, 0.5) is 0 Å². The lowest BCUT2D eigenvalue weighted by atomic mass is 10.2. The Labute approximate surface area is 72.7 Å². The number of carbonyl (C=O) groups is 2. The highest BCUT2D eigenvalue weighted by molar-refractivity contribution is 7.88. The Morgan fingerprint density at radius 1 is 1.38 bits per heavy atom. The minimum atomic E-state index is -5.26. The second-order valence-electron chi connectivity index (χ2n) is 2.20. The van der Waals surface area contributed by atoms with Crippen LogP contribution in [-0.4, -0.2) is 29.8 Å². The topological polar surface area (TPSA) is 161 Å². The van der Waals surface area contributed by atoms with Gasteiger partial charge in [-0.05, 0) is 0 Å². The molecule has 8 nitrogen and oxygen atoms in total. The fourth-order valence-electron chi connectivity index (χ4n) is 0.483. The van der Waals surface area contributed by atoms with E-state index in [1.54, 1.807) is 0 Å². The average molecular weight is 211 g/mol. The summed E-state index contributed by atoms with van der Waals surface area (Å²) < 4.78 is 29.0. The Hall–Kier alpha value is -1.19. The molecule has 0 spiro atoms. The number of carboxylic acid groups (broad SMARTS) is 2. The normalized spacial score (nSPS) is 16.2. The quantitative estimate of drug-likeness (QED) is 0.439. The molecule has 0 amide bonds. The van der Waals surface area contributed by atoms with Crippen LogP contribution in [0.5, 0.6) is 0 Å². The predicted octanol–water partition coefficient (Wildman–Crippen LogP) is -4.58.